The number of rotatable bonds is 7. The van der Waals surface area contributed by atoms with Crippen LogP contribution < -0.4 is 5.32 Å². The number of hydrogen-bond acceptors (Lipinski definition) is 5. The molecule has 216 valence electrons. The van der Waals surface area contributed by atoms with Crippen LogP contribution in [-0.4, -0.2) is 41.2 Å². The fourth-order valence-electron chi connectivity index (χ4n) is 6.96. The van der Waals surface area contributed by atoms with Gasteiger partial charge in [-0.3, -0.25) is 19.3 Å². The van der Waals surface area contributed by atoms with E-state index in [2.05, 4.69) is 21.2 Å². The van der Waals surface area contributed by atoms with Crippen LogP contribution in [0.25, 0.3) is 0 Å². The molecule has 42 heavy (non-hydrogen) atoms. The Balaban J connectivity index is 1.26. The average Bonchev–Trinajstić information content (AvgIpc) is 3.23. The summed E-state index contributed by atoms with van der Waals surface area (Å²) in [7, 11) is 0. The summed E-state index contributed by atoms with van der Waals surface area (Å²) in [6.45, 7) is 5.09. The van der Waals surface area contributed by atoms with Gasteiger partial charge >= 0.3 is 5.97 Å². The number of likely N-dealkylation sites (tertiary alicyclic amines) is 1. The highest BCUT2D eigenvalue weighted by molar-refractivity contribution is 9.10. The number of anilines is 1. The van der Waals surface area contributed by atoms with Gasteiger partial charge in [-0.05, 0) is 75.1 Å². The Kier molecular flexibility index (Phi) is 7.48. The van der Waals surface area contributed by atoms with Crippen LogP contribution in [0.5, 0.6) is 0 Å². The molecule has 3 aromatic carbocycles. The Bertz CT molecular complexity index is 1520. The van der Waals surface area contributed by atoms with Crippen molar-refractivity contribution in [3.05, 3.63) is 98.0 Å². The van der Waals surface area contributed by atoms with Crippen LogP contribution in [0.3, 0.4) is 0 Å². The van der Waals surface area contributed by atoms with Crippen molar-refractivity contribution in [2.24, 2.45) is 17.8 Å². The molecular formula is C33H30BrClN2O5. The molecule has 0 spiro atoms. The predicted molar refractivity (Wildman–Crippen MR) is 162 cm³/mol. The third-order valence-corrected chi connectivity index (χ3v) is 9.84. The van der Waals surface area contributed by atoms with Gasteiger partial charge in [-0.2, -0.15) is 0 Å². The van der Waals surface area contributed by atoms with Crippen molar-refractivity contribution in [3.8, 4) is 0 Å². The number of halogens is 2. The summed E-state index contributed by atoms with van der Waals surface area (Å²) in [5.74, 6) is -3.76. The first-order valence-corrected chi connectivity index (χ1v) is 15.2. The molecule has 7 nitrogen and oxygen atoms in total. The van der Waals surface area contributed by atoms with Gasteiger partial charge in [0.15, 0.2) is 6.61 Å². The van der Waals surface area contributed by atoms with Crippen molar-refractivity contribution in [2.75, 3.05) is 11.9 Å². The molecule has 7 rings (SSSR count). The van der Waals surface area contributed by atoms with Gasteiger partial charge < -0.3 is 10.1 Å². The third-order valence-electron chi connectivity index (χ3n) is 8.65. The molecule has 1 N–H and O–H groups in total. The van der Waals surface area contributed by atoms with E-state index in [9.17, 15) is 19.2 Å². The zero-order chi connectivity index (χ0) is 29.9. The summed E-state index contributed by atoms with van der Waals surface area (Å²) in [4.78, 5) is 55.7. The maximum Gasteiger partial charge on any atom is 0.329 e. The van der Waals surface area contributed by atoms with Gasteiger partial charge in [-0.15, -0.1) is 0 Å². The molecule has 3 atom stereocenters. The first-order chi connectivity index (χ1) is 20.1. The van der Waals surface area contributed by atoms with E-state index in [-0.39, 0.29) is 36.0 Å². The number of ether oxygens (including phenoxy) is 1. The van der Waals surface area contributed by atoms with Gasteiger partial charge in [0.05, 0.1) is 16.9 Å². The van der Waals surface area contributed by atoms with Crippen LogP contribution in [0.4, 0.5) is 5.69 Å². The van der Waals surface area contributed by atoms with E-state index in [1.165, 1.54) is 0 Å². The van der Waals surface area contributed by atoms with Crippen LogP contribution in [0.2, 0.25) is 5.02 Å². The number of esters is 1. The highest BCUT2D eigenvalue weighted by Gasteiger charge is 2.63. The largest absolute Gasteiger partial charge is 0.454 e. The van der Waals surface area contributed by atoms with Crippen molar-refractivity contribution < 1.29 is 23.9 Å². The topological polar surface area (TPSA) is 92.8 Å². The summed E-state index contributed by atoms with van der Waals surface area (Å²) < 4.78 is 6.15. The van der Waals surface area contributed by atoms with Crippen LogP contribution >= 0.6 is 27.5 Å². The highest BCUT2D eigenvalue weighted by atomic mass is 79.9. The second kappa shape index (κ2) is 11.0. The van der Waals surface area contributed by atoms with E-state index in [0.717, 1.165) is 32.7 Å². The minimum Gasteiger partial charge on any atom is -0.454 e. The van der Waals surface area contributed by atoms with Crippen LogP contribution in [0.1, 0.15) is 59.9 Å². The molecule has 0 radical (unpaired) electrons. The zero-order valence-electron chi connectivity index (χ0n) is 23.4. The number of carbonyl (C=O) groups excluding carboxylic acids is 4. The summed E-state index contributed by atoms with van der Waals surface area (Å²) in [5.41, 5.74) is 5.52. The Morgan fingerprint density at radius 3 is 1.90 bits per heavy atom. The molecule has 3 aromatic rings. The quantitative estimate of drug-likeness (QED) is 0.243. The number of carbonyl (C=O) groups is 4. The van der Waals surface area contributed by atoms with Crippen LogP contribution in [0.15, 0.2) is 65.1 Å². The minimum absolute atomic E-state index is 0.0155. The molecule has 1 aliphatic heterocycles. The summed E-state index contributed by atoms with van der Waals surface area (Å²) in [6.07, 6.45) is 0.230. The lowest BCUT2D eigenvalue weighted by molar-refractivity contribution is -0.160. The summed E-state index contributed by atoms with van der Waals surface area (Å²) in [5, 5.41) is 3.14. The summed E-state index contributed by atoms with van der Waals surface area (Å²) in [6, 6.07) is 18.3. The minimum atomic E-state index is -1.13. The monoisotopic (exact) mass is 648 g/mol. The molecule has 3 amide bonds. The standard InChI is InChI=1S/C33H30BrClN2O5/c1-16(2)12-25(33(41)42-15-26(38)36-24-14-23(35)22(34)13-17(24)3)37-31(39)29-27-18-8-4-5-9-19(18)28(30(29)32(37)40)21-11-7-6-10-20(21)27/h4-11,13-14,16,25,27-30H,12,15H2,1-3H3,(H,36,38)/t25-,27?,28?,29-,30+/m1/s1. The Labute approximate surface area is 257 Å². The van der Waals surface area contributed by atoms with Crippen LogP contribution in [-0.2, 0) is 23.9 Å². The smallest absolute Gasteiger partial charge is 0.329 e. The van der Waals surface area contributed by atoms with Crippen molar-refractivity contribution in [1.29, 1.82) is 0 Å². The van der Waals surface area contributed by atoms with E-state index >= 15 is 0 Å². The molecule has 9 heteroatoms. The molecular weight excluding hydrogens is 620 g/mol. The summed E-state index contributed by atoms with van der Waals surface area (Å²) >= 11 is 9.52. The highest BCUT2D eigenvalue weighted by Crippen LogP contribution is 2.61. The molecule has 3 aliphatic carbocycles. The van der Waals surface area contributed by atoms with E-state index in [0.29, 0.717) is 15.2 Å². The molecule has 0 unspecified atom stereocenters. The fourth-order valence-corrected chi connectivity index (χ4v) is 7.58. The first kappa shape index (κ1) is 28.6. The molecule has 0 saturated carbocycles. The number of nitrogens with one attached hydrogen (secondary N) is 1. The fraction of sp³-hybridized carbons (Fsp3) is 0.333. The molecule has 1 heterocycles. The Hall–Kier alpha value is -3.49. The number of imide groups is 1. The lowest BCUT2D eigenvalue weighted by atomic mass is 9.55. The zero-order valence-corrected chi connectivity index (χ0v) is 25.7. The van der Waals surface area contributed by atoms with Crippen LogP contribution in [0, 0.1) is 24.7 Å². The van der Waals surface area contributed by atoms with E-state index < -0.39 is 36.4 Å². The second-order valence-corrected chi connectivity index (χ2v) is 13.0. The number of amides is 3. The van der Waals surface area contributed by atoms with Crippen molar-refractivity contribution >= 4 is 56.9 Å². The maximum atomic E-state index is 14.2. The second-order valence-electron chi connectivity index (χ2n) is 11.7. The SMILES string of the molecule is Cc1cc(Br)c(Cl)cc1NC(=O)COC(=O)[C@@H](CC(C)C)N1C(=O)[C@@H]2C3c4ccccc4C(c4ccccc43)[C@@H]2C1=O. The van der Waals surface area contributed by atoms with Crippen molar-refractivity contribution in [1.82, 2.24) is 4.90 Å². The third kappa shape index (κ3) is 4.65. The van der Waals surface area contributed by atoms with Gasteiger partial charge in [0.25, 0.3) is 5.91 Å². The van der Waals surface area contributed by atoms with Gasteiger partial charge in [0, 0.05) is 22.0 Å². The van der Waals surface area contributed by atoms with Gasteiger partial charge in [-0.1, -0.05) is 74.0 Å². The number of hydrogen-bond donors (Lipinski definition) is 1. The first-order valence-electron chi connectivity index (χ1n) is 14.0. The van der Waals surface area contributed by atoms with Gasteiger partial charge in [0.1, 0.15) is 6.04 Å². The molecule has 0 aromatic heterocycles. The molecule has 2 bridgehead atoms. The number of nitrogens with zero attached hydrogens (tertiary/aromatic N) is 1. The van der Waals surface area contributed by atoms with Gasteiger partial charge in [0.2, 0.25) is 11.8 Å². The normalized spacial score (nSPS) is 22.5. The number of benzene rings is 3. The lowest BCUT2D eigenvalue weighted by Gasteiger charge is -2.45. The average molecular weight is 650 g/mol. The number of aryl methyl sites for hydroxylation is 1. The van der Waals surface area contributed by atoms with Gasteiger partial charge in [-0.25, -0.2) is 4.79 Å². The Morgan fingerprint density at radius 1 is 0.929 bits per heavy atom. The maximum absolute atomic E-state index is 14.2. The van der Waals surface area contributed by atoms with Crippen molar-refractivity contribution in [3.63, 3.8) is 0 Å². The molecule has 4 aliphatic rings. The molecule has 1 fully saturated rings. The van der Waals surface area contributed by atoms with E-state index in [4.69, 9.17) is 16.3 Å². The van der Waals surface area contributed by atoms with E-state index in [1.807, 2.05) is 69.3 Å². The molecule has 1 saturated heterocycles. The van der Waals surface area contributed by atoms with Crippen molar-refractivity contribution in [2.45, 2.75) is 45.1 Å². The Morgan fingerprint density at radius 2 is 1.43 bits per heavy atom. The van der Waals surface area contributed by atoms with E-state index in [1.54, 1.807) is 12.1 Å². The predicted octanol–water partition coefficient (Wildman–Crippen LogP) is 6.20. The lowest BCUT2D eigenvalue weighted by Crippen LogP contribution is -2.47.